The lowest BCUT2D eigenvalue weighted by atomic mass is 10.1. The highest BCUT2D eigenvalue weighted by Crippen LogP contribution is 2.25. The number of ether oxygens (including phenoxy) is 2. The van der Waals surface area contributed by atoms with Crippen molar-refractivity contribution in [2.45, 2.75) is 0 Å². The summed E-state index contributed by atoms with van der Waals surface area (Å²) in [4.78, 5) is 27.2. The van der Waals surface area contributed by atoms with Crippen molar-refractivity contribution in [1.82, 2.24) is 9.78 Å². The first-order chi connectivity index (χ1) is 14.7. The fraction of sp³-hybridized carbons (Fsp3) is 0.227. The summed E-state index contributed by atoms with van der Waals surface area (Å²) in [5, 5.41) is 7.04. The number of carbonyl (C=O) groups excluding carboxylic acids is 2. The fourth-order valence-corrected chi connectivity index (χ4v) is 3.29. The number of morpholine rings is 1. The van der Waals surface area contributed by atoms with E-state index in [2.05, 4.69) is 15.3 Å². The number of anilines is 2. The van der Waals surface area contributed by atoms with Gasteiger partial charge in [-0.2, -0.15) is 5.10 Å². The van der Waals surface area contributed by atoms with Crippen LogP contribution in [0.4, 0.5) is 11.4 Å². The molecule has 0 spiro atoms. The van der Waals surface area contributed by atoms with Gasteiger partial charge in [0.15, 0.2) is 0 Å². The molecule has 1 saturated heterocycles. The van der Waals surface area contributed by atoms with Gasteiger partial charge in [0, 0.05) is 25.0 Å². The monoisotopic (exact) mass is 406 g/mol. The third-order valence-corrected chi connectivity index (χ3v) is 4.90. The molecule has 0 aliphatic carbocycles. The summed E-state index contributed by atoms with van der Waals surface area (Å²) in [6, 6.07) is 14.8. The van der Waals surface area contributed by atoms with E-state index in [9.17, 15) is 9.59 Å². The van der Waals surface area contributed by atoms with Crippen molar-refractivity contribution in [3.8, 4) is 5.69 Å². The minimum atomic E-state index is -0.514. The van der Waals surface area contributed by atoms with Gasteiger partial charge in [-0.05, 0) is 30.3 Å². The van der Waals surface area contributed by atoms with E-state index in [1.165, 1.54) is 13.3 Å². The molecule has 1 aliphatic rings. The van der Waals surface area contributed by atoms with Gasteiger partial charge >= 0.3 is 5.97 Å². The second kappa shape index (κ2) is 8.79. The molecule has 154 valence electrons. The number of amides is 1. The normalized spacial score (nSPS) is 13.7. The number of nitrogens with zero attached hydrogens (tertiary/aromatic N) is 3. The molecule has 8 heteroatoms. The Balaban J connectivity index is 1.56. The van der Waals surface area contributed by atoms with E-state index in [4.69, 9.17) is 9.47 Å². The Hall–Kier alpha value is -3.65. The predicted octanol–water partition coefficient (Wildman–Crippen LogP) is 2.75. The Kier molecular flexibility index (Phi) is 5.76. The molecule has 0 bridgehead atoms. The van der Waals surface area contributed by atoms with Gasteiger partial charge in [0.1, 0.15) is 0 Å². The molecular weight excluding hydrogens is 384 g/mol. The SMILES string of the molecule is COC(=O)c1cc(N2CCOCC2)ccc1NC(=O)c1cnn(-c2ccccc2)c1. The van der Waals surface area contributed by atoms with Crippen LogP contribution < -0.4 is 10.2 Å². The minimum Gasteiger partial charge on any atom is -0.465 e. The summed E-state index contributed by atoms with van der Waals surface area (Å²) in [5.74, 6) is -0.873. The number of aromatic nitrogens is 2. The van der Waals surface area contributed by atoms with Crippen molar-refractivity contribution in [2.75, 3.05) is 43.6 Å². The summed E-state index contributed by atoms with van der Waals surface area (Å²) in [6.07, 6.45) is 3.13. The van der Waals surface area contributed by atoms with Crippen LogP contribution in [0.2, 0.25) is 0 Å². The van der Waals surface area contributed by atoms with E-state index in [0.29, 0.717) is 30.0 Å². The van der Waals surface area contributed by atoms with Crippen LogP contribution in [0.1, 0.15) is 20.7 Å². The van der Waals surface area contributed by atoms with Gasteiger partial charge in [-0.15, -0.1) is 0 Å². The van der Waals surface area contributed by atoms with Crippen LogP contribution >= 0.6 is 0 Å². The van der Waals surface area contributed by atoms with Crippen LogP contribution in [-0.4, -0.2) is 55.1 Å². The number of methoxy groups -OCH3 is 1. The highest BCUT2D eigenvalue weighted by atomic mass is 16.5. The van der Waals surface area contributed by atoms with Gasteiger partial charge in [-0.1, -0.05) is 18.2 Å². The maximum absolute atomic E-state index is 12.8. The van der Waals surface area contributed by atoms with Gasteiger partial charge in [0.25, 0.3) is 5.91 Å². The molecule has 1 fully saturated rings. The smallest absolute Gasteiger partial charge is 0.340 e. The van der Waals surface area contributed by atoms with E-state index in [1.54, 1.807) is 23.0 Å². The average Bonchev–Trinajstić information content (AvgIpc) is 3.30. The molecule has 0 radical (unpaired) electrons. The van der Waals surface area contributed by atoms with Gasteiger partial charge in [0.2, 0.25) is 0 Å². The first kappa shape index (κ1) is 19.7. The van der Waals surface area contributed by atoms with E-state index in [-0.39, 0.29) is 5.91 Å². The number of carbonyl (C=O) groups is 2. The lowest BCUT2D eigenvalue weighted by Crippen LogP contribution is -2.36. The molecule has 8 nitrogen and oxygen atoms in total. The van der Waals surface area contributed by atoms with Crippen LogP contribution in [0.5, 0.6) is 0 Å². The molecule has 0 unspecified atom stereocenters. The topological polar surface area (TPSA) is 85.7 Å². The van der Waals surface area contributed by atoms with Gasteiger partial charge < -0.3 is 19.7 Å². The van der Waals surface area contributed by atoms with Crippen LogP contribution in [-0.2, 0) is 9.47 Å². The van der Waals surface area contributed by atoms with Crippen molar-refractivity contribution in [1.29, 1.82) is 0 Å². The molecule has 30 heavy (non-hydrogen) atoms. The Bertz CT molecular complexity index is 1040. The van der Waals surface area contributed by atoms with Crippen molar-refractivity contribution in [3.63, 3.8) is 0 Å². The second-order valence-electron chi connectivity index (χ2n) is 6.78. The molecule has 1 amide bonds. The van der Waals surface area contributed by atoms with Crippen LogP contribution in [0.3, 0.4) is 0 Å². The summed E-state index contributed by atoms with van der Waals surface area (Å²) in [6.45, 7) is 2.75. The first-order valence-corrected chi connectivity index (χ1v) is 9.62. The Morgan fingerprint density at radius 2 is 1.83 bits per heavy atom. The van der Waals surface area contributed by atoms with Crippen molar-refractivity contribution in [3.05, 3.63) is 72.1 Å². The van der Waals surface area contributed by atoms with Gasteiger partial charge in [-0.25, -0.2) is 9.48 Å². The van der Waals surface area contributed by atoms with Gasteiger partial charge in [0.05, 0.1) is 49.0 Å². The maximum Gasteiger partial charge on any atom is 0.340 e. The molecule has 0 saturated carbocycles. The number of benzene rings is 2. The third kappa shape index (κ3) is 4.18. The largest absolute Gasteiger partial charge is 0.465 e. The zero-order chi connectivity index (χ0) is 20.9. The van der Waals surface area contributed by atoms with Crippen molar-refractivity contribution in [2.24, 2.45) is 0 Å². The van der Waals surface area contributed by atoms with Crippen molar-refractivity contribution >= 4 is 23.3 Å². The van der Waals surface area contributed by atoms with E-state index in [0.717, 1.165) is 24.5 Å². The quantitative estimate of drug-likeness (QED) is 0.656. The summed E-state index contributed by atoms with van der Waals surface area (Å²) < 4.78 is 11.9. The molecule has 3 aromatic rings. The van der Waals surface area contributed by atoms with Crippen LogP contribution in [0.25, 0.3) is 5.69 Å². The van der Waals surface area contributed by atoms with Crippen LogP contribution in [0, 0.1) is 0 Å². The summed E-state index contributed by atoms with van der Waals surface area (Å²) in [7, 11) is 1.32. The van der Waals surface area contributed by atoms with E-state index >= 15 is 0 Å². The average molecular weight is 406 g/mol. The Labute approximate surface area is 174 Å². The lowest BCUT2D eigenvalue weighted by Gasteiger charge is -2.29. The molecule has 1 aliphatic heterocycles. The van der Waals surface area contributed by atoms with E-state index in [1.807, 2.05) is 36.4 Å². The first-order valence-electron chi connectivity index (χ1n) is 9.62. The Morgan fingerprint density at radius 1 is 1.07 bits per heavy atom. The number of esters is 1. The standard InChI is InChI=1S/C22H22N4O4/c1-29-22(28)19-13-18(25-9-11-30-12-10-25)7-8-20(19)24-21(27)16-14-23-26(15-16)17-5-3-2-4-6-17/h2-8,13-15H,9-12H2,1H3,(H,24,27). The zero-order valence-corrected chi connectivity index (χ0v) is 16.6. The molecule has 0 atom stereocenters. The molecule has 2 heterocycles. The summed E-state index contributed by atoms with van der Waals surface area (Å²) >= 11 is 0. The van der Waals surface area contributed by atoms with Crippen molar-refractivity contribution < 1.29 is 19.1 Å². The van der Waals surface area contributed by atoms with Crippen LogP contribution in [0.15, 0.2) is 60.9 Å². The molecule has 1 aromatic heterocycles. The predicted molar refractivity (Wildman–Crippen MR) is 112 cm³/mol. The van der Waals surface area contributed by atoms with Gasteiger partial charge in [-0.3, -0.25) is 4.79 Å². The number of para-hydroxylation sites is 1. The highest BCUT2D eigenvalue weighted by molar-refractivity contribution is 6.08. The Morgan fingerprint density at radius 3 is 2.57 bits per heavy atom. The molecule has 4 rings (SSSR count). The lowest BCUT2D eigenvalue weighted by molar-refractivity contribution is 0.0602. The number of rotatable bonds is 5. The number of hydrogen-bond donors (Lipinski definition) is 1. The number of nitrogens with one attached hydrogen (secondary N) is 1. The summed E-state index contributed by atoms with van der Waals surface area (Å²) in [5.41, 5.74) is 2.80. The molecule has 2 aromatic carbocycles. The second-order valence-corrected chi connectivity index (χ2v) is 6.78. The van der Waals surface area contributed by atoms with E-state index < -0.39 is 5.97 Å². The maximum atomic E-state index is 12.8. The number of hydrogen-bond acceptors (Lipinski definition) is 6. The molecular formula is C22H22N4O4. The fourth-order valence-electron chi connectivity index (χ4n) is 3.29. The zero-order valence-electron chi connectivity index (χ0n) is 16.6. The third-order valence-electron chi connectivity index (χ3n) is 4.90. The highest BCUT2D eigenvalue weighted by Gasteiger charge is 2.19. The molecule has 1 N–H and O–H groups in total. The minimum absolute atomic E-state index is 0.297.